The quantitative estimate of drug-likeness (QED) is 0.627. The summed E-state index contributed by atoms with van der Waals surface area (Å²) in [5, 5.41) is 3.26. The van der Waals surface area contributed by atoms with Gasteiger partial charge < -0.3 is 11.1 Å². The largest absolute Gasteiger partial charge is 0.384 e. The van der Waals surface area contributed by atoms with Gasteiger partial charge in [0.25, 0.3) is 0 Å². The van der Waals surface area contributed by atoms with Crippen LogP contribution in [0.3, 0.4) is 0 Å². The van der Waals surface area contributed by atoms with E-state index in [4.69, 9.17) is 5.73 Å². The van der Waals surface area contributed by atoms with Crippen LogP contribution in [0.15, 0.2) is 18.2 Å². The van der Waals surface area contributed by atoms with Gasteiger partial charge in [0.15, 0.2) is 0 Å². The average Bonchev–Trinajstić information content (AvgIpc) is 2.61. The molecule has 1 aliphatic heterocycles. The fourth-order valence-corrected chi connectivity index (χ4v) is 2.28. The summed E-state index contributed by atoms with van der Waals surface area (Å²) in [6.45, 7) is 0.868. The fourth-order valence-electron chi connectivity index (χ4n) is 2.28. The molecule has 1 saturated carbocycles. The maximum absolute atomic E-state index is 13.0. The molecular formula is C10H11FN2. The third-order valence-electron chi connectivity index (χ3n) is 3.25. The van der Waals surface area contributed by atoms with Gasteiger partial charge in [-0.1, -0.05) is 0 Å². The maximum Gasteiger partial charge on any atom is 0.123 e. The van der Waals surface area contributed by atoms with Crippen molar-refractivity contribution in [2.45, 2.75) is 17.9 Å². The Morgan fingerprint density at radius 2 is 2.31 bits per heavy atom. The molecular weight excluding hydrogens is 167 g/mol. The van der Waals surface area contributed by atoms with Gasteiger partial charge in [-0.05, 0) is 30.2 Å². The number of anilines is 1. The first kappa shape index (κ1) is 7.33. The highest BCUT2D eigenvalue weighted by atomic mass is 19.1. The van der Waals surface area contributed by atoms with Crippen molar-refractivity contribution >= 4 is 5.69 Å². The SMILES string of the molecule is NC1CC12CNc1ccc(F)cc12. The van der Waals surface area contributed by atoms with Crippen LogP contribution in [-0.4, -0.2) is 12.6 Å². The summed E-state index contributed by atoms with van der Waals surface area (Å²) in [5.41, 5.74) is 8.04. The van der Waals surface area contributed by atoms with Crippen LogP contribution in [-0.2, 0) is 5.41 Å². The number of nitrogens with one attached hydrogen (secondary N) is 1. The molecule has 68 valence electrons. The van der Waals surface area contributed by atoms with Crippen LogP contribution in [0.2, 0.25) is 0 Å². The number of halogens is 1. The highest BCUT2D eigenvalue weighted by Gasteiger charge is 2.56. The van der Waals surface area contributed by atoms with E-state index in [0.29, 0.717) is 0 Å². The van der Waals surface area contributed by atoms with Crippen molar-refractivity contribution in [1.82, 2.24) is 0 Å². The highest BCUT2D eigenvalue weighted by molar-refractivity contribution is 5.64. The van der Waals surface area contributed by atoms with E-state index in [1.165, 1.54) is 6.07 Å². The molecule has 0 bridgehead atoms. The first-order valence-electron chi connectivity index (χ1n) is 4.52. The number of hydrogen-bond donors (Lipinski definition) is 2. The summed E-state index contributed by atoms with van der Waals surface area (Å²) in [6, 6.07) is 5.11. The van der Waals surface area contributed by atoms with Gasteiger partial charge in [0.05, 0.1) is 0 Å². The molecule has 1 aromatic rings. The van der Waals surface area contributed by atoms with E-state index in [1.54, 1.807) is 12.1 Å². The molecule has 3 N–H and O–H groups in total. The Hall–Kier alpha value is -1.09. The zero-order valence-electron chi connectivity index (χ0n) is 7.18. The van der Waals surface area contributed by atoms with Gasteiger partial charge in [-0.25, -0.2) is 4.39 Å². The molecule has 3 rings (SSSR count). The molecule has 0 amide bonds. The van der Waals surface area contributed by atoms with Crippen LogP contribution in [0.5, 0.6) is 0 Å². The van der Waals surface area contributed by atoms with E-state index in [9.17, 15) is 4.39 Å². The molecule has 3 heteroatoms. The van der Waals surface area contributed by atoms with Crippen LogP contribution in [0, 0.1) is 5.82 Å². The molecule has 1 spiro atoms. The molecule has 2 aliphatic rings. The molecule has 1 aromatic carbocycles. The number of benzene rings is 1. The molecule has 1 fully saturated rings. The summed E-state index contributed by atoms with van der Waals surface area (Å²) < 4.78 is 13.0. The monoisotopic (exact) mass is 178 g/mol. The molecule has 1 aliphatic carbocycles. The molecule has 13 heavy (non-hydrogen) atoms. The lowest BCUT2D eigenvalue weighted by atomic mass is 9.97. The predicted octanol–water partition coefficient (Wildman–Crippen LogP) is 1.22. The number of rotatable bonds is 0. The average molecular weight is 178 g/mol. The summed E-state index contributed by atoms with van der Waals surface area (Å²) in [6.07, 6.45) is 0.983. The van der Waals surface area contributed by atoms with Crippen molar-refractivity contribution in [2.24, 2.45) is 5.73 Å². The zero-order chi connectivity index (χ0) is 9.05. The summed E-state index contributed by atoms with van der Waals surface area (Å²) >= 11 is 0. The minimum atomic E-state index is -0.166. The Labute approximate surface area is 75.9 Å². The first-order valence-corrected chi connectivity index (χ1v) is 4.52. The zero-order valence-corrected chi connectivity index (χ0v) is 7.18. The van der Waals surface area contributed by atoms with Crippen molar-refractivity contribution in [1.29, 1.82) is 0 Å². The minimum absolute atomic E-state index is 0.0530. The lowest BCUT2D eigenvalue weighted by molar-refractivity contribution is 0.621. The Balaban J connectivity index is 2.15. The third-order valence-corrected chi connectivity index (χ3v) is 3.25. The van der Waals surface area contributed by atoms with Crippen LogP contribution >= 0.6 is 0 Å². The van der Waals surface area contributed by atoms with Gasteiger partial charge in [0, 0.05) is 23.7 Å². The van der Waals surface area contributed by atoms with Gasteiger partial charge in [-0.2, -0.15) is 0 Å². The Morgan fingerprint density at radius 1 is 1.54 bits per heavy atom. The third kappa shape index (κ3) is 0.800. The van der Waals surface area contributed by atoms with Crippen molar-refractivity contribution in [3.8, 4) is 0 Å². The molecule has 0 saturated heterocycles. The second kappa shape index (κ2) is 2.04. The van der Waals surface area contributed by atoms with E-state index in [1.807, 2.05) is 0 Å². The van der Waals surface area contributed by atoms with Crippen molar-refractivity contribution < 1.29 is 4.39 Å². The first-order chi connectivity index (χ1) is 6.22. The van der Waals surface area contributed by atoms with Crippen LogP contribution in [0.25, 0.3) is 0 Å². The molecule has 1 heterocycles. The van der Waals surface area contributed by atoms with Crippen LogP contribution in [0.4, 0.5) is 10.1 Å². The van der Waals surface area contributed by atoms with E-state index in [-0.39, 0.29) is 17.3 Å². The van der Waals surface area contributed by atoms with Gasteiger partial charge in [0.2, 0.25) is 0 Å². The molecule has 2 nitrogen and oxygen atoms in total. The van der Waals surface area contributed by atoms with Gasteiger partial charge in [0.1, 0.15) is 5.82 Å². The van der Waals surface area contributed by atoms with E-state index < -0.39 is 0 Å². The van der Waals surface area contributed by atoms with E-state index in [0.717, 1.165) is 24.2 Å². The van der Waals surface area contributed by atoms with E-state index >= 15 is 0 Å². The molecule has 0 aromatic heterocycles. The lowest BCUT2D eigenvalue weighted by Crippen LogP contribution is -2.20. The molecule has 2 atom stereocenters. The van der Waals surface area contributed by atoms with E-state index in [2.05, 4.69) is 5.32 Å². The lowest BCUT2D eigenvalue weighted by Gasteiger charge is -2.06. The van der Waals surface area contributed by atoms with Gasteiger partial charge in [-0.15, -0.1) is 0 Å². The van der Waals surface area contributed by atoms with Gasteiger partial charge >= 0.3 is 0 Å². The Morgan fingerprint density at radius 3 is 3.00 bits per heavy atom. The van der Waals surface area contributed by atoms with Crippen molar-refractivity contribution in [3.05, 3.63) is 29.6 Å². The standard InChI is InChI=1S/C10H11FN2/c11-6-1-2-8-7(3-6)10(5-13-8)4-9(10)12/h1-3,9,13H,4-5,12H2. The van der Waals surface area contributed by atoms with Crippen LogP contribution < -0.4 is 11.1 Å². The van der Waals surface area contributed by atoms with Crippen LogP contribution in [0.1, 0.15) is 12.0 Å². The smallest absolute Gasteiger partial charge is 0.123 e. The van der Waals surface area contributed by atoms with Crippen molar-refractivity contribution in [2.75, 3.05) is 11.9 Å². The fraction of sp³-hybridized carbons (Fsp3) is 0.400. The summed E-state index contributed by atoms with van der Waals surface area (Å²) in [5.74, 6) is -0.166. The molecule has 2 unspecified atom stereocenters. The maximum atomic E-state index is 13.0. The highest BCUT2D eigenvalue weighted by Crippen LogP contribution is 2.53. The second-order valence-electron chi connectivity index (χ2n) is 4.01. The summed E-state index contributed by atoms with van der Waals surface area (Å²) in [4.78, 5) is 0. The Bertz CT molecular complexity index is 377. The van der Waals surface area contributed by atoms with Crippen molar-refractivity contribution in [3.63, 3.8) is 0 Å². The number of hydrogen-bond acceptors (Lipinski definition) is 2. The number of fused-ring (bicyclic) bond motifs is 2. The predicted molar refractivity (Wildman–Crippen MR) is 49.2 cm³/mol. The normalized spacial score (nSPS) is 34.5. The Kier molecular flexibility index (Phi) is 1.15. The minimum Gasteiger partial charge on any atom is -0.384 e. The summed E-state index contributed by atoms with van der Waals surface area (Å²) in [7, 11) is 0. The molecule has 0 radical (unpaired) electrons. The van der Waals surface area contributed by atoms with Gasteiger partial charge in [-0.3, -0.25) is 0 Å². The second-order valence-corrected chi connectivity index (χ2v) is 4.01. The number of nitrogens with two attached hydrogens (primary N) is 1. The topological polar surface area (TPSA) is 38.0 Å².